The lowest BCUT2D eigenvalue weighted by Crippen LogP contribution is -2.54. The molecule has 0 radical (unpaired) electrons. The van der Waals surface area contributed by atoms with Crippen LogP contribution in [-0.2, 0) is 26.2 Å². The van der Waals surface area contributed by atoms with Crippen LogP contribution in [0.5, 0.6) is 0 Å². The zero-order valence-corrected chi connectivity index (χ0v) is 20.4. The number of benzene rings is 2. The van der Waals surface area contributed by atoms with E-state index in [2.05, 4.69) is 5.32 Å². The van der Waals surface area contributed by atoms with E-state index >= 15 is 0 Å². The number of para-hydroxylation sites is 1. The molecule has 32 heavy (non-hydrogen) atoms. The second-order valence-corrected chi connectivity index (χ2v) is 10.9. The molecule has 8 heteroatoms. The minimum atomic E-state index is -3.72. The van der Waals surface area contributed by atoms with E-state index in [9.17, 15) is 18.0 Å². The molecule has 0 saturated carbocycles. The number of anilines is 1. The molecule has 0 aromatic heterocycles. The normalized spacial score (nSPS) is 12.7. The number of rotatable bonds is 8. The number of carbonyl (C=O) groups excluding carboxylic acids is 2. The van der Waals surface area contributed by atoms with Crippen molar-refractivity contribution in [1.82, 2.24) is 10.2 Å². The first-order valence-electron chi connectivity index (χ1n) is 10.5. The maximum absolute atomic E-state index is 13.4. The number of hydrogen-bond donors (Lipinski definition) is 1. The van der Waals surface area contributed by atoms with Crippen LogP contribution in [0.2, 0.25) is 0 Å². The van der Waals surface area contributed by atoms with Gasteiger partial charge in [-0.1, -0.05) is 48.0 Å². The Balaban J connectivity index is 2.38. The first-order valence-corrected chi connectivity index (χ1v) is 12.3. The Bertz CT molecular complexity index is 1050. The summed E-state index contributed by atoms with van der Waals surface area (Å²) in [6.45, 7) is 8.99. The number of carbonyl (C=O) groups is 2. The van der Waals surface area contributed by atoms with Crippen LogP contribution in [0.4, 0.5) is 5.69 Å². The summed E-state index contributed by atoms with van der Waals surface area (Å²) < 4.78 is 26.0. The number of amides is 2. The standard InChI is InChI=1S/C24H33N3O4S/c1-18-11-10-12-20(15-18)16-26(19(2)23(29)25-24(3,4)5)22(28)17-27(32(6,30)31)21-13-8-7-9-14-21/h7-15,19H,16-17H2,1-6H3,(H,25,29)/t19-/m0/s1. The van der Waals surface area contributed by atoms with Gasteiger partial charge >= 0.3 is 0 Å². The zero-order chi connectivity index (χ0) is 24.1. The third-order valence-corrected chi connectivity index (χ3v) is 5.96. The molecule has 0 bridgehead atoms. The average Bonchev–Trinajstić information content (AvgIpc) is 2.68. The Labute approximate surface area is 191 Å². The van der Waals surface area contributed by atoms with Gasteiger partial charge in [-0.2, -0.15) is 0 Å². The quantitative estimate of drug-likeness (QED) is 0.657. The van der Waals surface area contributed by atoms with Crippen LogP contribution in [0, 0.1) is 6.92 Å². The molecule has 0 fully saturated rings. The molecule has 0 spiro atoms. The van der Waals surface area contributed by atoms with Gasteiger partial charge in [0, 0.05) is 12.1 Å². The molecule has 2 aromatic rings. The van der Waals surface area contributed by atoms with Gasteiger partial charge in [0.05, 0.1) is 11.9 Å². The van der Waals surface area contributed by atoms with Crippen molar-refractivity contribution in [2.45, 2.75) is 52.7 Å². The predicted octanol–water partition coefficient (Wildman–Crippen LogP) is 3.09. The lowest BCUT2D eigenvalue weighted by molar-refractivity contribution is -0.140. The Morgan fingerprint density at radius 3 is 2.19 bits per heavy atom. The highest BCUT2D eigenvalue weighted by atomic mass is 32.2. The molecular weight excluding hydrogens is 426 g/mol. The number of aryl methyl sites for hydroxylation is 1. The van der Waals surface area contributed by atoms with E-state index in [1.54, 1.807) is 37.3 Å². The van der Waals surface area contributed by atoms with Crippen molar-refractivity contribution in [2.24, 2.45) is 0 Å². The van der Waals surface area contributed by atoms with Crippen LogP contribution >= 0.6 is 0 Å². The molecule has 2 amide bonds. The van der Waals surface area contributed by atoms with Crippen LogP contribution in [0.1, 0.15) is 38.8 Å². The molecule has 0 saturated heterocycles. The molecule has 1 atom stereocenters. The van der Waals surface area contributed by atoms with E-state index in [1.165, 1.54) is 4.90 Å². The highest BCUT2D eigenvalue weighted by molar-refractivity contribution is 7.92. The second-order valence-electron chi connectivity index (χ2n) is 9.03. The SMILES string of the molecule is Cc1cccc(CN(C(=O)CN(c2ccccc2)S(C)(=O)=O)[C@@H](C)C(=O)NC(C)(C)C)c1. The lowest BCUT2D eigenvalue weighted by Gasteiger charge is -2.33. The van der Waals surface area contributed by atoms with Crippen molar-refractivity contribution in [3.05, 3.63) is 65.7 Å². The molecule has 0 heterocycles. The monoisotopic (exact) mass is 459 g/mol. The van der Waals surface area contributed by atoms with Crippen molar-refractivity contribution in [2.75, 3.05) is 17.1 Å². The minimum Gasteiger partial charge on any atom is -0.350 e. The highest BCUT2D eigenvalue weighted by Gasteiger charge is 2.31. The van der Waals surface area contributed by atoms with Crippen molar-refractivity contribution in [1.29, 1.82) is 0 Å². The number of nitrogens with one attached hydrogen (secondary N) is 1. The molecule has 0 aliphatic rings. The molecule has 174 valence electrons. The van der Waals surface area contributed by atoms with E-state index in [1.807, 2.05) is 52.0 Å². The average molecular weight is 460 g/mol. The number of sulfonamides is 1. The Morgan fingerprint density at radius 1 is 1.03 bits per heavy atom. The minimum absolute atomic E-state index is 0.186. The smallest absolute Gasteiger partial charge is 0.244 e. The number of nitrogens with zero attached hydrogens (tertiary/aromatic N) is 2. The summed E-state index contributed by atoms with van der Waals surface area (Å²) in [6, 6.07) is 15.3. The van der Waals surface area contributed by atoms with E-state index in [4.69, 9.17) is 0 Å². The summed E-state index contributed by atoms with van der Waals surface area (Å²) in [5.41, 5.74) is 1.82. The molecule has 2 aromatic carbocycles. The maximum Gasteiger partial charge on any atom is 0.244 e. The third kappa shape index (κ3) is 7.37. The fourth-order valence-electron chi connectivity index (χ4n) is 3.27. The molecule has 0 unspecified atom stereocenters. The molecule has 7 nitrogen and oxygen atoms in total. The first kappa shape index (κ1) is 25.4. The topological polar surface area (TPSA) is 86.8 Å². The van der Waals surface area contributed by atoms with Crippen LogP contribution in [0.25, 0.3) is 0 Å². The summed E-state index contributed by atoms with van der Waals surface area (Å²) in [6.07, 6.45) is 1.06. The van der Waals surface area contributed by atoms with Crippen molar-refractivity contribution >= 4 is 27.5 Å². The summed E-state index contributed by atoms with van der Waals surface area (Å²) in [5, 5.41) is 2.90. The van der Waals surface area contributed by atoms with Crippen molar-refractivity contribution in [3.63, 3.8) is 0 Å². The van der Waals surface area contributed by atoms with Gasteiger partial charge < -0.3 is 10.2 Å². The summed E-state index contributed by atoms with van der Waals surface area (Å²) in [5.74, 6) is -0.763. The second kappa shape index (κ2) is 10.2. The zero-order valence-electron chi connectivity index (χ0n) is 19.6. The van der Waals surface area contributed by atoms with Gasteiger partial charge in [-0.3, -0.25) is 13.9 Å². The van der Waals surface area contributed by atoms with Gasteiger partial charge in [-0.15, -0.1) is 0 Å². The Morgan fingerprint density at radius 2 is 1.66 bits per heavy atom. The first-order chi connectivity index (χ1) is 14.8. The highest BCUT2D eigenvalue weighted by Crippen LogP contribution is 2.19. The largest absolute Gasteiger partial charge is 0.350 e. The summed E-state index contributed by atoms with van der Waals surface area (Å²) >= 11 is 0. The van der Waals surface area contributed by atoms with E-state index in [0.717, 1.165) is 21.7 Å². The van der Waals surface area contributed by atoms with Gasteiger partial charge in [0.1, 0.15) is 12.6 Å². The van der Waals surface area contributed by atoms with Gasteiger partial charge in [-0.25, -0.2) is 8.42 Å². The third-order valence-electron chi connectivity index (χ3n) is 4.82. The molecule has 2 rings (SSSR count). The van der Waals surface area contributed by atoms with Crippen molar-refractivity contribution in [3.8, 4) is 0 Å². The Hall–Kier alpha value is -2.87. The van der Waals surface area contributed by atoms with Gasteiger partial charge in [0.25, 0.3) is 0 Å². The molecule has 0 aliphatic heterocycles. The lowest BCUT2D eigenvalue weighted by atomic mass is 10.1. The van der Waals surface area contributed by atoms with Gasteiger partial charge in [0.15, 0.2) is 0 Å². The van der Waals surface area contributed by atoms with Gasteiger partial charge in [-0.05, 0) is 52.3 Å². The van der Waals surface area contributed by atoms with Gasteiger partial charge in [0.2, 0.25) is 21.8 Å². The summed E-state index contributed by atoms with van der Waals surface area (Å²) in [7, 11) is -3.72. The van der Waals surface area contributed by atoms with Crippen molar-refractivity contribution < 1.29 is 18.0 Å². The molecule has 0 aliphatic carbocycles. The molecular formula is C24H33N3O4S. The fourth-order valence-corrected chi connectivity index (χ4v) is 4.12. The maximum atomic E-state index is 13.4. The van der Waals surface area contributed by atoms with Crippen LogP contribution in [0.15, 0.2) is 54.6 Å². The summed E-state index contributed by atoms with van der Waals surface area (Å²) in [4.78, 5) is 27.7. The van der Waals surface area contributed by atoms with E-state index in [-0.39, 0.29) is 12.5 Å². The van der Waals surface area contributed by atoms with Crippen LogP contribution in [-0.4, -0.2) is 49.5 Å². The number of hydrogen-bond acceptors (Lipinski definition) is 4. The van der Waals surface area contributed by atoms with E-state index < -0.39 is 34.1 Å². The fraction of sp³-hybridized carbons (Fsp3) is 0.417. The van der Waals surface area contributed by atoms with E-state index in [0.29, 0.717) is 5.69 Å². The Kier molecular flexibility index (Phi) is 8.07. The predicted molar refractivity (Wildman–Crippen MR) is 128 cm³/mol. The molecule has 1 N–H and O–H groups in total. The van der Waals surface area contributed by atoms with Crippen LogP contribution < -0.4 is 9.62 Å². The van der Waals surface area contributed by atoms with Crippen LogP contribution in [0.3, 0.4) is 0 Å².